The minimum atomic E-state index is -0.447. The number of hydrogen-bond donors (Lipinski definition) is 0. The molecule has 1 aliphatic rings. The smallest absolute Gasteiger partial charge is 0.338 e. The van der Waals surface area contributed by atoms with Crippen LogP contribution in [0.1, 0.15) is 21.5 Å². The molecule has 0 saturated carbocycles. The van der Waals surface area contributed by atoms with Crippen molar-refractivity contribution >= 4 is 17.6 Å². The summed E-state index contributed by atoms with van der Waals surface area (Å²) in [4.78, 5) is 12.1. The zero-order valence-electron chi connectivity index (χ0n) is 11.4. The molecule has 3 rings (SSSR count). The van der Waals surface area contributed by atoms with Crippen molar-refractivity contribution in [2.45, 2.75) is 13.5 Å². The molecule has 0 N–H and O–H groups in total. The molecule has 4 nitrogen and oxygen atoms in total. The van der Waals surface area contributed by atoms with E-state index in [0.29, 0.717) is 22.1 Å². The van der Waals surface area contributed by atoms with Gasteiger partial charge in [-0.2, -0.15) is 0 Å². The first kappa shape index (κ1) is 13.8. The highest BCUT2D eigenvalue weighted by molar-refractivity contribution is 6.32. The highest BCUT2D eigenvalue weighted by Crippen LogP contribution is 2.39. The van der Waals surface area contributed by atoms with Crippen molar-refractivity contribution in [2.24, 2.45) is 0 Å². The Morgan fingerprint density at radius 3 is 2.95 bits per heavy atom. The van der Waals surface area contributed by atoms with Gasteiger partial charge in [0, 0.05) is 0 Å². The standard InChI is InChI=1S/C16H13ClO4/c1-10-3-2-4-11(5-10)8-19-16(18)12-6-13(17)15-14(7-12)20-9-21-15/h2-7H,8-9H2,1H3. The van der Waals surface area contributed by atoms with Crippen LogP contribution in [0, 0.1) is 6.92 Å². The minimum Gasteiger partial charge on any atom is -0.457 e. The van der Waals surface area contributed by atoms with E-state index in [1.54, 1.807) is 6.07 Å². The lowest BCUT2D eigenvalue weighted by molar-refractivity contribution is 0.0472. The molecular formula is C16H13ClO4. The zero-order chi connectivity index (χ0) is 14.8. The summed E-state index contributed by atoms with van der Waals surface area (Å²) in [6, 6.07) is 10.9. The van der Waals surface area contributed by atoms with Gasteiger partial charge in [0.25, 0.3) is 0 Å². The second-order valence-electron chi connectivity index (χ2n) is 4.76. The molecule has 0 spiro atoms. The summed E-state index contributed by atoms with van der Waals surface area (Å²) in [6.07, 6.45) is 0. The van der Waals surface area contributed by atoms with Crippen LogP contribution in [0.15, 0.2) is 36.4 Å². The first-order chi connectivity index (χ1) is 10.1. The number of aryl methyl sites for hydroxylation is 1. The topological polar surface area (TPSA) is 44.8 Å². The van der Waals surface area contributed by atoms with Crippen LogP contribution >= 0.6 is 11.6 Å². The van der Waals surface area contributed by atoms with Crippen molar-refractivity contribution in [3.63, 3.8) is 0 Å². The fraction of sp³-hybridized carbons (Fsp3) is 0.188. The fourth-order valence-electron chi connectivity index (χ4n) is 2.12. The molecule has 1 aliphatic heterocycles. The molecular weight excluding hydrogens is 292 g/mol. The second-order valence-corrected chi connectivity index (χ2v) is 5.16. The molecule has 0 atom stereocenters. The predicted molar refractivity (Wildman–Crippen MR) is 77.9 cm³/mol. The van der Waals surface area contributed by atoms with Gasteiger partial charge in [0.05, 0.1) is 10.6 Å². The Morgan fingerprint density at radius 2 is 2.14 bits per heavy atom. The van der Waals surface area contributed by atoms with Crippen molar-refractivity contribution in [1.29, 1.82) is 0 Å². The number of carbonyl (C=O) groups excluding carboxylic acids is 1. The van der Waals surface area contributed by atoms with E-state index in [0.717, 1.165) is 11.1 Å². The Balaban J connectivity index is 1.73. The number of esters is 1. The molecule has 2 aromatic rings. The van der Waals surface area contributed by atoms with Crippen molar-refractivity contribution in [3.05, 3.63) is 58.1 Å². The summed E-state index contributed by atoms with van der Waals surface area (Å²) >= 11 is 6.04. The summed E-state index contributed by atoms with van der Waals surface area (Å²) in [7, 11) is 0. The fourth-order valence-corrected chi connectivity index (χ4v) is 2.38. The van der Waals surface area contributed by atoms with E-state index >= 15 is 0 Å². The van der Waals surface area contributed by atoms with Crippen LogP contribution < -0.4 is 9.47 Å². The molecule has 0 aromatic heterocycles. The van der Waals surface area contributed by atoms with Gasteiger partial charge in [-0.3, -0.25) is 0 Å². The predicted octanol–water partition coefficient (Wildman–Crippen LogP) is 3.73. The highest BCUT2D eigenvalue weighted by atomic mass is 35.5. The monoisotopic (exact) mass is 304 g/mol. The first-order valence-electron chi connectivity index (χ1n) is 6.45. The summed E-state index contributed by atoms with van der Waals surface area (Å²) in [5.41, 5.74) is 2.40. The number of carbonyl (C=O) groups is 1. The maximum atomic E-state index is 12.1. The number of benzene rings is 2. The molecule has 0 aliphatic carbocycles. The third-order valence-corrected chi connectivity index (χ3v) is 3.40. The number of fused-ring (bicyclic) bond motifs is 1. The van der Waals surface area contributed by atoms with Crippen LogP contribution in [0.3, 0.4) is 0 Å². The number of halogens is 1. The van der Waals surface area contributed by atoms with Crippen molar-refractivity contribution in [2.75, 3.05) is 6.79 Å². The Labute approximate surface area is 127 Å². The van der Waals surface area contributed by atoms with Crippen LogP contribution in [0.25, 0.3) is 0 Å². The van der Waals surface area contributed by atoms with E-state index in [9.17, 15) is 4.79 Å². The van der Waals surface area contributed by atoms with E-state index in [1.807, 2.05) is 31.2 Å². The highest BCUT2D eigenvalue weighted by Gasteiger charge is 2.21. The minimum absolute atomic E-state index is 0.108. The van der Waals surface area contributed by atoms with E-state index in [1.165, 1.54) is 6.07 Å². The molecule has 0 amide bonds. The Kier molecular flexibility index (Phi) is 3.71. The van der Waals surface area contributed by atoms with Gasteiger partial charge in [-0.05, 0) is 24.6 Å². The number of hydrogen-bond acceptors (Lipinski definition) is 4. The summed E-state index contributed by atoms with van der Waals surface area (Å²) in [5.74, 6) is 0.480. The van der Waals surface area contributed by atoms with E-state index in [-0.39, 0.29) is 13.4 Å². The Morgan fingerprint density at radius 1 is 1.29 bits per heavy atom. The molecule has 2 aromatic carbocycles. The van der Waals surface area contributed by atoms with Crippen LogP contribution in [-0.2, 0) is 11.3 Å². The lowest BCUT2D eigenvalue weighted by atomic mass is 10.1. The van der Waals surface area contributed by atoms with Crippen LogP contribution in [0.4, 0.5) is 0 Å². The third-order valence-electron chi connectivity index (χ3n) is 3.12. The summed E-state index contributed by atoms with van der Waals surface area (Å²) < 4.78 is 15.7. The molecule has 0 fully saturated rings. The van der Waals surface area contributed by atoms with Crippen LogP contribution in [0.2, 0.25) is 5.02 Å². The molecule has 1 heterocycles. The molecule has 0 unspecified atom stereocenters. The molecule has 0 bridgehead atoms. The summed E-state index contributed by atoms with van der Waals surface area (Å²) in [5, 5.41) is 0.340. The van der Waals surface area contributed by atoms with Gasteiger partial charge in [0.2, 0.25) is 6.79 Å². The Hall–Kier alpha value is -2.20. The zero-order valence-corrected chi connectivity index (χ0v) is 12.1. The van der Waals surface area contributed by atoms with E-state index < -0.39 is 5.97 Å². The second kappa shape index (κ2) is 5.66. The maximum absolute atomic E-state index is 12.1. The largest absolute Gasteiger partial charge is 0.457 e. The summed E-state index contributed by atoms with van der Waals surface area (Å²) in [6.45, 7) is 2.31. The van der Waals surface area contributed by atoms with Gasteiger partial charge >= 0.3 is 5.97 Å². The molecule has 21 heavy (non-hydrogen) atoms. The average molecular weight is 305 g/mol. The van der Waals surface area contributed by atoms with Crippen LogP contribution in [0.5, 0.6) is 11.5 Å². The SMILES string of the molecule is Cc1cccc(COC(=O)c2cc(Cl)c3c(c2)OCO3)c1. The van der Waals surface area contributed by atoms with Gasteiger partial charge in [-0.1, -0.05) is 41.4 Å². The maximum Gasteiger partial charge on any atom is 0.338 e. The lowest BCUT2D eigenvalue weighted by Crippen LogP contribution is -2.05. The lowest BCUT2D eigenvalue weighted by Gasteiger charge is -2.07. The number of ether oxygens (including phenoxy) is 3. The van der Waals surface area contributed by atoms with Crippen molar-refractivity contribution < 1.29 is 19.0 Å². The van der Waals surface area contributed by atoms with Gasteiger partial charge in [-0.15, -0.1) is 0 Å². The van der Waals surface area contributed by atoms with E-state index in [4.69, 9.17) is 25.8 Å². The normalized spacial score (nSPS) is 12.3. The Bertz CT molecular complexity index is 697. The van der Waals surface area contributed by atoms with Gasteiger partial charge in [-0.25, -0.2) is 4.79 Å². The number of rotatable bonds is 3. The molecule has 0 radical (unpaired) electrons. The van der Waals surface area contributed by atoms with Gasteiger partial charge < -0.3 is 14.2 Å². The van der Waals surface area contributed by atoms with Gasteiger partial charge in [0.1, 0.15) is 6.61 Å². The first-order valence-corrected chi connectivity index (χ1v) is 6.83. The van der Waals surface area contributed by atoms with Crippen molar-refractivity contribution in [1.82, 2.24) is 0 Å². The van der Waals surface area contributed by atoms with Crippen molar-refractivity contribution in [3.8, 4) is 11.5 Å². The van der Waals surface area contributed by atoms with E-state index in [2.05, 4.69) is 0 Å². The van der Waals surface area contributed by atoms with Gasteiger partial charge in [0.15, 0.2) is 11.5 Å². The molecule has 5 heteroatoms. The quantitative estimate of drug-likeness (QED) is 0.810. The van der Waals surface area contributed by atoms with Crippen LogP contribution in [-0.4, -0.2) is 12.8 Å². The average Bonchev–Trinajstić information content (AvgIpc) is 2.94. The third kappa shape index (κ3) is 2.95. The molecule has 108 valence electrons. The molecule has 0 saturated heterocycles.